The fourth-order valence-corrected chi connectivity index (χ4v) is 2.13. The lowest BCUT2D eigenvalue weighted by Crippen LogP contribution is -2.20. The summed E-state index contributed by atoms with van der Waals surface area (Å²) in [6.45, 7) is 10.9. The molecule has 0 radical (unpaired) electrons. The third-order valence-corrected chi connectivity index (χ3v) is 3.46. The maximum absolute atomic E-state index is 11.1. The van der Waals surface area contributed by atoms with Gasteiger partial charge in [-0.2, -0.15) is 0 Å². The fraction of sp³-hybridized carbons (Fsp3) is 0.333. The largest absolute Gasteiger partial charge is 0.393 e. The zero-order valence-electron chi connectivity index (χ0n) is 13.7. The molecule has 3 rings (SSSR count). The Bertz CT molecular complexity index is 622. The maximum atomic E-state index is 11.1. The van der Waals surface area contributed by atoms with Crippen molar-refractivity contribution in [1.82, 2.24) is 0 Å². The van der Waals surface area contributed by atoms with Crippen molar-refractivity contribution in [3.63, 3.8) is 0 Å². The molecule has 2 unspecified atom stereocenters. The smallest absolute Gasteiger partial charge is 0.338 e. The Labute approximate surface area is 140 Å². The van der Waals surface area contributed by atoms with Gasteiger partial charge >= 0.3 is 23.9 Å². The van der Waals surface area contributed by atoms with Crippen LogP contribution in [0, 0.1) is 11.8 Å². The van der Waals surface area contributed by atoms with Crippen molar-refractivity contribution in [2.24, 2.45) is 11.8 Å². The Kier molecular flexibility index (Phi) is 7.04. The minimum Gasteiger partial charge on any atom is -0.393 e. The number of ether oxygens (including phenoxy) is 2. The summed E-state index contributed by atoms with van der Waals surface area (Å²) in [5, 5.41) is 0. The quantitative estimate of drug-likeness (QED) is 0.317. The van der Waals surface area contributed by atoms with E-state index in [1.165, 1.54) is 5.57 Å². The van der Waals surface area contributed by atoms with Crippen molar-refractivity contribution >= 4 is 23.9 Å². The highest BCUT2D eigenvalue weighted by atomic mass is 16.6. The van der Waals surface area contributed by atoms with E-state index in [-0.39, 0.29) is 23.8 Å². The molecular weight excluding hydrogens is 312 g/mol. The van der Waals surface area contributed by atoms with Gasteiger partial charge in [-0.3, -0.25) is 9.59 Å². The number of hydrogen-bond acceptors (Lipinski definition) is 6. The van der Waals surface area contributed by atoms with Crippen LogP contribution in [0.3, 0.4) is 0 Å². The molecule has 1 aliphatic carbocycles. The van der Waals surface area contributed by atoms with Crippen molar-refractivity contribution in [2.75, 3.05) is 0 Å². The van der Waals surface area contributed by atoms with Crippen molar-refractivity contribution in [1.29, 1.82) is 0 Å². The Morgan fingerprint density at radius 3 is 2.00 bits per heavy atom. The van der Waals surface area contributed by atoms with E-state index in [1.807, 2.05) is 19.9 Å². The molecule has 128 valence electrons. The van der Waals surface area contributed by atoms with Gasteiger partial charge in [-0.1, -0.05) is 36.5 Å². The summed E-state index contributed by atoms with van der Waals surface area (Å²) in [5.41, 5.74) is 2.20. The molecule has 2 aliphatic heterocycles. The lowest BCUT2D eigenvalue weighted by atomic mass is 9.82. The minimum atomic E-state index is -0.579. The number of cyclic esters (lactones) is 4. The van der Waals surface area contributed by atoms with Gasteiger partial charge in [-0.25, -0.2) is 9.59 Å². The summed E-state index contributed by atoms with van der Waals surface area (Å²) in [7, 11) is 0. The maximum Gasteiger partial charge on any atom is 0.338 e. The highest BCUT2D eigenvalue weighted by Crippen LogP contribution is 2.35. The Morgan fingerprint density at radius 2 is 1.58 bits per heavy atom. The number of carbonyl (C=O) groups is 4. The molecular formula is C18H20O6. The predicted molar refractivity (Wildman–Crippen MR) is 86.3 cm³/mol. The second-order valence-corrected chi connectivity index (χ2v) is 5.57. The molecule has 0 aromatic heterocycles. The number of rotatable bonds is 1. The fourth-order valence-electron chi connectivity index (χ4n) is 2.13. The molecule has 6 nitrogen and oxygen atoms in total. The van der Waals surface area contributed by atoms with Gasteiger partial charge in [0.15, 0.2) is 0 Å². The monoisotopic (exact) mass is 332 g/mol. The van der Waals surface area contributed by atoms with E-state index in [4.69, 9.17) is 0 Å². The van der Waals surface area contributed by atoms with E-state index < -0.39 is 11.9 Å². The predicted octanol–water partition coefficient (Wildman–Crippen LogP) is 2.42. The van der Waals surface area contributed by atoms with Gasteiger partial charge in [0.1, 0.15) is 0 Å². The van der Waals surface area contributed by atoms with Crippen molar-refractivity contribution < 1.29 is 28.7 Å². The van der Waals surface area contributed by atoms with Gasteiger partial charge in [0.05, 0.1) is 11.8 Å². The van der Waals surface area contributed by atoms with Gasteiger partial charge in [-0.15, -0.1) is 0 Å². The molecule has 2 atom stereocenters. The van der Waals surface area contributed by atoms with E-state index >= 15 is 0 Å². The van der Waals surface area contributed by atoms with E-state index in [0.717, 1.165) is 17.7 Å². The number of hydrogen-bond donors (Lipinski definition) is 0. The minimum absolute atomic E-state index is 0.192. The molecule has 1 fully saturated rings. The second kappa shape index (κ2) is 8.76. The summed E-state index contributed by atoms with van der Waals surface area (Å²) in [6.07, 6.45) is 7.27. The first kappa shape index (κ1) is 19.3. The van der Waals surface area contributed by atoms with Crippen molar-refractivity contribution in [3.05, 3.63) is 48.6 Å². The Morgan fingerprint density at radius 1 is 1.08 bits per heavy atom. The highest BCUT2D eigenvalue weighted by molar-refractivity contribution is 6.04. The topological polar surface area (TPSA) is 86.7 Å². The molecule has 0 aromatic carbocycles. The lowest BCUT2D eigenvalue weighted by molar-refractivity contribution is -0.154. The zero-order chi connectivity index (χ0) is 18.3. The average Bonchev–Trinajstić information content (AvgIpc) is 3.03. The van der Waals surface area contributed by atoms with Gasteiger partial charge in [0, 0.05) is 12.2 Å². The summed E-state index contributed by atoms with van der Waals surface area (Å²) in [6, 6.07) is 0. The molecule has 1 saturated heterocycles. The van der Waals surface area contributed by atoms with Crippen LogP contribution >= 0.6 is 0 Å². The average molecular weight is 332 g/mol. The highest BCUT2D eigenvalue weighted by Gasteiger charge is 2.44. The molecule has 0 bridgehead atoms. The number of carbonyl (C=O) groups excluding carboxylic acids is 4. The van der Waals surface area contributed by atoms with Crippen LogP contribution in [-0.2, 0) is 28.7 Å². The molecule has 3 aliphatic rings. The molecule has 0 amide bonds. The first-order chi connectivity index (χ1) is 11.2. The Hall–Kier alpha value is -2.76. The molecule has 2 heterocycles. The molecule has 0 N–H and O–H groups in total. The van der Waals surface area contributed by atoms with Gasteiger partial charge < -0.3 is 9.47 Å². The van der Waals surface area contributed by atoms with Crippen LogP contribution in [-0.4, -0.2) is 23.9 Å². The number of allylic oxidation sites excluding steroid dienone is 4. The molecule has 6 heteroatoms. The summed E-state index contributed by atoms with van der Waals surface area (Å²) in [4.78, 5) is 42.0. The van der Waals surface area contributed by atoms with E-state index in [1.54, 1.807) is 6.08 Å². The summed E-state index contributed by atoms with van der Waals surface area (Å²) in [5.74, 6) is -2.22. The van der Waals surface area contributed by atoms with Gasteiger partial charge in [-0.05, 0) is 26.7 Å². The SMILES string of the molecule is C=CC(=C)C.CC1=CCC2C(=O)OC(=O)C2C1.O=C1C=CC(=O)O1. The number of fused-ring (bicyclic) bond motifs is 1. The van der Waals surface area contributed by atoms with Gasteiger partial charge in [0.2, 0.25) is 0 Å². The molecule has 0 aromatic rings. The van der Waals surface area contributed by atoms with Gasteiger partial charge in [0.25, 0.3) is 0 Å². The van der Waals surface area contributed by atoms with Crippen LogP contribution < -0.4 is 0 Å². The summed E-state index contributed by atoms with van der Waals surface area (Å²) >= 11 is 0. The van der Waals surface area contributed by atoms with Crippen LogP contribution in [0.2, 0.25) is 0 Å². The van der Waals surface area contributed by atoms with E-state index in [9.17, 15) is 19.2 Å². The lowest BCUT2D eigenvalue weighted by Gasteiger charge is -2.17. The van der Waals surface area contributed by atoms with Crippen LogP contribution in [0.25, 0.3) is 0 Å². The van der Waals surface area contributed by atoms with Crippen LogP contribution in [0.1, 0.15) is 26.7 Å². The normalized spacial score (nSPS) is 23.7. The second-order valence-electron chi connectivity index (χ2n) is 5.57. The van der Waals surface area contributed by atoms with E-state index in [0.29, 0.717) is 12.8 Å². The standard InChI is InChI=1S/C9H10O3.C5H8.C4H2O3/c1-5-2-3-6-7(4-5)9(11)12-8(6)10;1-4-5(2)3;5-3-1-2-4(6)7-3/h2,6-7H,3-4H2,1H3;4H,1-2H2,3H3;1-2H. The third kappa shape index (κ3) is 5.79. The van der Waals surface area contributed by atoms with Crippen LogP contribution in [0.4, 0.5) is 0 Å². The van der Waals surface area contributed by atoms with Crippen molar-refractivity contribution in [2.45, 2.75) is 26.7 Å². The molecule has 24 heavy (non-hydrogen) atoms. The number of esters is 4. The van der Waals surface area contributed by atoms with Crippen molar-refractivity contribution in [3.8, 4) is 0 Å². The molecule has 0 spiro atoms. The van der Waals surface area contributed by atoms with Crippen LogP contribution in [0.5, 0.6) is 0 Å². The third-order valence-electron chi connectivity index (χ3n) is 3.46. The zero-order valence-corrected chi connectivity index (χ0v) is 13.7. The molecule has 0 saturated carbocycles. The Balaban J connectivity index is 0.000000205. The van der Waals surface area contributed by atoms with Crippen LogP contribution in [0.15, 0.2) is 48.6 Å². The first-order valence-corrected chi connectivity index (χ1v) is 7.37. The van der Waals surface area contributed by atoms with E-state index in [2.05, 4.69) is 22.6 Å². The first-order valence-electron chi connectivity index (χ1n) is 7.37. The summed E-state index contributed by atoms with van der Waals surface area (Å²) < 4.78 is 8.52.